The number of thioether (sulfide) groups is 1. The van der Waals surface area contributed by atoms with E-state index in [9.17, 15) is 14.0 Å². The van der Waals surface area contributed by atoms with Gasteiger partial charge in [-0.05, 0) is 37.3 Å². The Morgan fingerprint density at radius 2 is 1.89 bits per heavy atom. The van der Waals surface area contributed by atoms with E-state index in [4.69, 9.17) is 0 Å². The topological polar surface area (TPSA) is 84.0 Å². The van der Waals surface area contributed by atoms with Crippen molar-refractivity contribution in [1.29, 1.82) is 0 Å². The Labute approximate surface area is 163 Å². The summed E-state index contributed by atoms with van der Waals surface area (Å²) in [5.41, 5.74) is 1.99. The number of halogens is 1. The van der Waals surface area contributed by atoms with Gasteiger partial charge in [0, 0.05) is 11.3 Å². The normalized spacial score (nSPS) is 10.4. The predicted octanol–water partition coefficient (Wildman–Crippen LogP) is 3.97. The van der Waals surface area contributed by atoms with Crippen LogP contribution in [-0.4, -0.2) is 27.8 Å². The summed E-state index contributed by atoms with van der Waals surface area (Å²) in [6.07, 6.45) is 0. The third-order valence-electron chi connectivity index (χ3n) is 3.38. The van der Waals surface area contributed by atoms with Crippen molar-refractivity contribution in [2.24, 2.45) is 0 Å². The lowest BCUT2D eigenvalue weighted by Gasteiger charge is -2.03. The number of carbonyl (C=O) groups excluding carboxylic acids is 2. The molecular weight excluding hydrogens is 387 g/mol. The van der Waals surface area contributed by atoms with Crippen LogP contribution >= 0.6 is 23.1 Å². The van der Waals surface area contributed by atoms with Crippen LogP contribution in [0, 0.1) is 12.7 Å². The van der Waals surface area contributed by atoms with E-state index in [1.54, 1.807) is 18.2 Å². The third kappa shape index (κ3) is 5.60. The van der Waals surface area contributed by atoms with E-state index >= 15 is 0 Å². The fourth-order valence-electron chi connectivity index (χ4n) is 2.08. The SMILES string of the molecule is Cc1ccc(C(=O)Nc2nnc(SCC(=O)Nc3cccc(F)c3)s2)cc1. The van der Waals surface area contributed by atoms with Crippen LogP contribution in [0.4, 0.5) is 15.2 Å². The van der Waals surface area contributed by atoms with Gasteiger partial charge in [-0.25, -0.2) is 4.39 Å². The van der Waals surface area contributed by atoms with E-state index in [0.717, 1.165) is 5.56 Å². The van der Waals surface area contributed by atoms with Crippen LogP contribution in [0.5, 0.6) is 0 Å². The van der Waals surface area contributed by atoms with Gasteiger partial charge in [0.15, 0.2) is 4.34 Å². The Hall–Kier alpha value is -2.78. The lowest BCUT2D eigenvalue weighted by Crippen LogP contribution is -2.13. The smallest absolute Gasteiger partial charge is 0.257 e. The van der Waals surface area contributed by atoms with Gasteiger partial charge < -0.3 is 5.32 Å². The molecule has 0 spiro atoms. The van der Waals surface area contributed by atoms with Crippen LogP contribution < -0.4 is 10.6 Å². The number of aromatic nitrogens is 2. The van der Waals surface area contributed by atoms with Crippen molar-refractivity contribution < 1.29 is 14.0 Å². The summed E-state index contributed by atoms with van der Waals surface area (Å²) in [6.45, 7) is 1.94. The summed E-state index contributed by atoms with van der Waals surface area (Å²) in [5.74, 6) is -0.882. The Kier molecular flexibility index (Phi) is 6.15. The number of rotatable bonds is 6. The van der Waals surface area contributed by atoms with Crippen molar-refractivity contribution in [3.8, 4) is 0 Å². The van der Waals surface area contributed by atoms with Crippen LogP contribution in [-0.2, 0) is 4.79 Å². The summed E-state index contributed by atoms with van der Waals surface area (Å²) in [6, 6.07) is 12.8. The molecule has 0 fully saturated rings. The standard InChI is InChI=1S/C18H15FN4O2S2/c1-11-5-7-12(8-6-11)16(25)21-17-22-23-18(27-17)26-10-15(24)20-14-4-2-3-13(19)9-14/h2-9H,10H2,1H3,(H,20,24)(H,21,22,25). The maximum Gasteiger partial charge on any atom is 0.257 e. The van der Waals surface area contributed by atoms with E-state index in [1.165, 1.54) is 41.3 Å². The average Bonchev–Trinajstić information content (AvgIpc) is 3.08. The van der Waals surface area contributed by atoms with Crippen LogP contribution in [0.15, 0.2) is 52.9 Å². The first-order chi connectivity index (χ1) is 13.0. The highest BCUT2D eigenvalue weighted by Gasteiger charge is 2.12. The highest BCUT2D eigenvalue weighted by molar-refractivity contribution is 8.01. The van der Waals surface area contributed by atoms with E-state index in [-0.39, 0.29) is 17.6 Å². The number of hydrogen-bond donors (Lipinski definition) is 2. The van der Waals surface area contributed by atoms with Gasteiger partial charge in [-0.1, -0.05) is 46.9 Å². The molecule has 0 aliphatic carbocycles. The zero-order valence-corrected chi connectivity index (χ0v) is 15.9. The summed E-state index contributed by atoms with van der Waals surface area (Å²) in [5, 5.41) is 13.5. The molecule has 2 amide bonds. The lowest BCUT2D eigenvalue weighted by molar-refractivity contribution is -0.113. The van der Waals surface area contributed by atoms with Crippen molar-refractivity contribution >= 4 is 45.7 Å². The molecule has 2 aromatic carbocycles. The maximum absolute atomic E-state index is 13.1. The fourth-order valence-corrected chi connectivity index (χ4v) is 3.63. The average molecular weight is 402 g/mol. The molecule has 0 saturated carbocycles. The summed E-state index contributed by atoms with van der Waals surface area (Å²) < 4.78 is 13.7. The van der Waals surface area contributed by atoms with Gasteiger partial charge in [-0.3, -0.25) is 14.9 Å². The third-order valence-corrected chi connectivity index (χ3v) is 5.35. The number of benzene rings is 2. The Balaban J connectivity index is 1.51. The molecule has 0 atom stereocenters. The molecule has 3 aromatic rings. The molecule has 27 heavy (non-hydrogen) atoms. The minimum atomic E-state index is -0.418. The fraction of sp³-hybridized carbons (Fsp3) is 0.111. The van der Waals surface area contributed by atoms with E-state index in [0.29, 0.717) is 20.7 Å². The molecule has 138 valence electrons. The molecule has 2 N–H and O–H groups in total. The molecule has 1 heterocycles. The molecule has 0 aliphatic heterocycles. The second kappa shape index (κ2) is 8.74. The highest BCUT2D eigenvalue weighted by Crippen LogP contribution is 2.26. The van der Waals surface area contributed by atoms with Gasteiger partial charge in [0.05, 0.1) is 5.75 Å². The minimum absolute atomic E-state index is 0.0943. The molecule has 1 aromatic heterocycles. The highest BCUT2D eigenvalue weighted by atomic mass is 32.2. The van der Waals surface area contributed by atoms with Crippen molar-refractivity contribution in [1.82, 2.24) is 10.2 Å². The minimum Gasteiger partial charge on any atom is -0.325 e. The second-order valence-corrected chi connectivity index (χ2v) is 7.74. The van der Waals surface area contributed by atoms with Crippen LogP contribution in [0.25, 0.3) is 0 Å². The van der Waals surface area contributed by atoms with Crippen molar-refractivity contribution in [2.45, 2.75) is 11.3 Å². The first kappa shape index (κ1) is 19.0. The first-order valence-electron chi connectivity index (χ1n) is 7.89. The molecule has 0 bridgehead atoms. The molecule has 0 aliphatic rings. The summed E-state index contributed by atoms with van der Waals surface area (Å²) in [7, 11) is 0. The van der Waals surface area contributed by atoms with Gasteiger partial charge in [-0.15, -0.1) is 10.2 Å². The van der Waals surface area contributed by atoms with Crippen molar-refractivity contribution in [3.63, 3.8) is 0 Å². The molecule has 0 saturated heterocycles. The monoisotopic (exact) mass is 402 g/mol. The van der Waals surface area contributed by atoms with Crippen molar-refractivity contribution in [2.75, 3.05) is 16.4 Å². The van der Waals surface area contributed by atoms with E-state index < -0.39 is 5.82 Å². The number of amides is 2. The molecule has 6 nitrogen and oxygen atoms in total. The number of carbonyl (C=O) groups is 2. The Bertz CT molecular complexity index is 960. The van der Waals surface area contributed by atoms with Gasteiger partial charge in [0.2, 0.25) is 11.0 Å². The van der Waals surface area contributed by atoms with Crippen LogP contribution in [0.1, 0.15) is 15.9 Å². The summed E-state index contributed by atoms with van der Waals surface area (Å²) in [4.78, 5) is 24.1. The van der Waals surface area contributed by atoms with Gasteiger partial charge in [-0.2, -0.15) is 0 Å². The molecule has 3 rings (SSSR count). The largest absolute Gasteiger partial charge is 0.325 e. The van der Waals surface area contributed by atoms with E-state index in [2.05, 4.69) is 20.8 Å². The van der Waals surface area contributed by atoms with Crippen LogP contribution in [0.3, 0.4) is 0 Å². The van der Waals surface area contributed by atoms with Gasteiger partial charge >= 0.3 is 0 Å². The number of nitrogens with one attached hydrogen (secondary N) is 2. The number of aryl methyl sites for hydroxylation is 1. The number of anilines is 2. The molecule has 0 unspecified atom stereocenters. The second-order valence-electron chi connectivity index (χ2n) is 5.54. The Morgan fingerprint density at radius 1 is 1.11 bits per heavy atom. The number of hydrogen-bond acceptors (Lipinski definition) is 6. The molecular formula is C18H15FN4O2S2. The zero-order valence-electron chi connectivity index (χ0n) is 14.2. The maximum atomic E-state index is 13.1. The van der Waals surface area contributed by atoms with Crippen molar-refractivity contribution in [3.05, 3.63) is 65.5 Å². The Morgan fingerprint density at radius 3 is 2.63 bits per heavy atom. The van der Waals surface area contributed by atoms with Crippen LogP contribution in [0.2, 0.25) is 0 Å². The molecule has 9 heteroatoms. The summed E-state index contributed by atoms with van der Waals surface area (Å²) >= 11 is 2.36. The first-order valence-corrected chi connectivity index (χ1v) is 9.69. The quantitative estimate of drug-likeness (QED) is 0.481. The predicted molar refractivity (Wildman–Crippen MR) is 105 cm³/mol. The van der Waals surface area contributed by atoms with Gasteiger partial charge in [0.25, 0.3) is 5.91 Å². The lowest BCUT2D eigenvalue weighted by atomic mass is 10.1. The van der Waals surface area contributed by atoms with Gasteiger partial charge in [0.1, 0.15) is 5.82 Å². The van der Waals surface area contributed by atoms with E-state index in [1.807, 2.05) is 19.1 Å². The number of nitrogens with zero attached hydrogens (tertiary/aromatic N) is 2. The molecule has 0 radical (unpaired) electrons. The zero-order chi connectivity index (χ0) is 19.2.